The van der Waals surface area contributed by atoms with Crippen molar-refractivity contribution in [2.45, 2.75) is 12.5 Å². The van der Waals surface area contributed by atoms with Gasteiger partial charge < -0.3 is 19.1 Å². The summed E-state index contributed by atoms with van der Waals surface area (Å²) in [7, 11) is 2.17. The van der Waals surface area contributed by atoms with Gasteiger partial charge in [-0.05, 0) is 25.6 Å². The van der Waals surface area contributed by atoms with E-state index in [1.807, 2.05) is 6.20 Å². The molecule has 28 heavy (non-hydrogen) atoms. The molecule has 0 amide bonds. The van der Waals surface area contributed by atoms with E-state index < -0.39 is 0 Å². The van der Waals surface area contributed by atoms with E-state index in [1.165, 1.54) is 5.69 Å². The van der Waals surface area contributed by atoms with Crippen LogP contribution >= 0.6 is 0 Å². The average molecular weight is 379 g/mol. The van der Waals surface area contributed by atoms with Gasteiger partial charge in [0.25, 0.3) is 5.56 Å². The number of piperazine rings is 1. The molecule has 2 aliphatic rings. The van der Waals surface area contributed by atoms with Crippen molar-refractivity contribution >= 4 is 16.6 Å². The molecule has 0 spiro atoms. The smallest absolute Gasteiger partial charge is 0.253 e. The lowest BCUT2D eigenvalue weighted by molar-refractivity contribution is 0.186. The molecule has 0 aliphatic carbocycles. The molecule has 1 N–H and O–H groups in total. The van der Waals surface area contributed by atoms with Crippen LogP contribution in [-0.2, 0) is 4.74 Å². The van der Waals surface area contributed by atoms with E-state index in [-0.39, 0.29) is 11.6 Å². The van der Waals surface area contributed by atoms with Gasteiger partial charge in [0, 0.05) is 61.7 Å². The normalized spacial score (nSPS) is 20.9. The van der Waals surface area contributed by atoms with Crippen LogP contribution in [0.1, 0.15) is 12.5 Å². The summed E-state index contributed by atoms with van der Waals surface area (Å²) < 4.78 is 7.26. The van der Waals surface area contributed by atoms with Crippen LogP contribution < -0.4 is 10.5 Å². The molecule has 1 atom stereocenters. The highest BCUT2D eigenvalue weighted by atomic mass is 16.5. The Balaban J connectivity index is 1.47. The number of H-pyrrole nitrogens is 1. The summed E-state index contributed by atoms with van der Waals surface area (Å²) in [6, 6.07) is 10.3. The Morgan fingerprint density at radius 3 is 2.64 bits per heavy atom. The van der Waals surface area contributed by atoms with Crippen molar-refractivity contribution < 1.29 is 4.74 Å². The minimum Gasteiger partial charge on any atom is -0.379 e. The molecule has 0 saturated carbocycles. The highest BCUT2D eigenvalue weighted by Crippen LogP contribution is 2.29. The zero-order valence-electron chi connectivity index (χ0n) is 16.1. The number of likely N-dealkylation sites (N-methyl/N-ethyl adjacent to an activating group) is 1. The van der Waals surface area contributed by atoms with Crippen molar-refractivity contribution in [3.63, 3.8) is 0 Å². The molecule has 5 rings (SSSR count). The van der Waals surface area contributed by atoms with Gasteiger partial charge in [0.15, 0.2) is 0 Å². The molecule has 2 aromatic heterocycles. The van der Waals surface area contributed by atoms with Gasteiger partial charge in [-0.1, -0.05) is 12.1 Å². The van der Waals surface area contributed by atoms with E-state index in [1.54, 1.807) is 10.6 Å². The fraction of sp³-hybridized carbons (Fsp3) is 0.429. The van der Waals surface area contributed by atoms with Crippen molar-refractivity contribution in [3.8, 4) is 11.3 Å². The summed E-state index contributed by atoms with van der Waals surface area (Å²) in [4.78, 5) is 17.2. The third kappa shape index (κ3) is 3.10. The van der Waals surface area contributed by atoms with Gasteiger partial charge in [-0.15, -0.1) is 0 Å². The lowest BCUT2D eigenvalue weighted by Gasteiger charge is -2.34. The molecule has 146 valence electrons. The second-order valence-corrected chi connectivity index (χ2v) is 7.77. The van der Waals surface area contributed by atoms with Gasteiger partial charge in [-0.2, -0.15) is 5.10 Å². The number of rotatable bonds is 3. The monoisotopic (exact) mass is 379 g/mol. The number of nitrogens with one attached hydrogen (secondary N) is 1. The number of fused-ring (bicyclic) bond motifs is 1. The van der Waals surface area contributed by atoms with Crippen LogP contribution in [0.5, 0.6) is 0 Å². The molecule has 3 aromatic rings. The number of hydrogen-bond donors (Lipinski definition) is 1. The summed E-state index contributed by atoms with van der Waals surface area (Å²) in [5.74, 6) is 0. The van der Waals surface area contributed by atoms with Crippen LogP contribution in [0, 0.1) is 0 Å². The first-order chi connectivity index (χ1) is 13.7. The van der Waals surface area contributed by atoms with Gasteiger partial charge in [0.05, 0.1) is 18.2 Å². The molecule has 2 fully saturated rings. The number of anilines is 1. The molecule has 0 radical (unpaired) electrons. The number of benzene rings is 1. The molecule has 1 unspecified atom stereocenters. The maximum atomic E-state index is 12.5. The zero-order valence-corrected chi connectivity index (χ0v) is 16.1. The predicted molar refractivity (Wildman–Crippen MR) is 110 cm³/mol. The summed E-state index contributed by atoms with van der Waals surface area (Å²) in [6.45, 7) is 5.59. The highest BCUT2D eigenvalue weighted by Gasteiger charge is 2.20. The third-order valence-electron chi connectivity index (χ3n) is 5.93. The minimum absolute atomic E-state index is 0.0105. The fourth-order valence-electron chi connectivity index (χ4n) is 4.15. The van der Waals surface area contributed by atoms with E-state index >= 15 is 0 Å². The number of hydrogen-bond acceptors (Lipinski definition) is 5. The van der Waals surface area contributed by atoms with Crippen molar-refractivity contribution in [3.05, 3.63) is 46.9 Å². The number of ether oxygens (including phenoxy) is 1. The quantitative estimate of drug-likeness (QED) is 0.755. The van der Waals surface area contributed by atoms with Crippen LogP contribution in [0.25, 0.3) is 22.2 Å². The Kier molecular flexibility index (Phi) is 4.41. The first-order valence-corrected chi connectivity index (χ1v) is 9.91. The highest BCUT2D eigenvalue weighted by molar-refractivity contribution is 5.92. The van der Waals surface area contributed by atoms with Gasteiger partial charge in [0.2, 0.25) is 0 Å². The van der Waals surface area contributed by atoms with Crippen molar-refractivity contribution in [1.82, 2.24) is 19.7 Å². The molecule has 7 heteroatoms. The average Bonchev–Trinajstić information content (AvgIpc) is 3.38. The topological polar surface area (TPSA) is 66.4 Å². The molecule has 1 aromatic carbocycles. The van der Waals surface area contributed by atoms with Gasteiger partial charge >= 0.3 is 0 Å². The molecule has 4 heterocycles. The Morgan fingerprint density at radius 2 is 1.93 bits per heavy atom. The van der Waals surface area contributed by atoms with Crippen LogP contribution in [0.2, 0.25) is 0 Å². The van der Waals surface area contributed by atoms with Crippen LogP contribution in [0.4, 0.5) is 5.69 Å². The predicted octanol–water partition coefficient (Wildman–Crippen LogP) is 2.10. The summed E-state index contributed by atoms with van der Waals surface area (Å²) in [5, 5.41) is 8.49. The van der Waals surface area contributed by atoms with E-state index in [9.17, 15) is 4.79 Å². The van der Waals surface area contributed by atoms with Crippen LogP contribution in [0.15, 0.2) is 41.3 Å². The molecule has 2 aliphatic heterocycles. The standard InChI is InChI=1S/C21H25N5O2/c1-24-7-9-25(10-8-24)16-4-2-15(3-5-16)21-18-13-26(17-6-11-28-14-17)20(27)12-19(18)22-23-21/h2-5,12-13,17,22H,6-11,14H2,1H3. The number of nitrogens with zero attached hydrogens (tertiary/aromatic N) is 4. The summed E-state index contributed by atoms with van der Waals surface area (Å²) in [5.41, 5.74) is 3.95. The molecule has 2 saturated heterocycles. The fourth-order valence-corrected chi connectivity index (χ4v) is 4.15. The molecule has 0 bridgehead atoms. The summed E-state index contributed by atoms with van der Waals surface area (Å²) in [6.07, 6.45) is 2.81. The maximum absolute atomic E-state index is 12.5. The third-order valence-corrected chi connectivity index (χ3v) is 5.93. The lowest BCUT2D eigenvalue weighted by Crippen LogP contribution is -2.44. The SMILES string of the molecule is CN1CCN(c2ccc(-c3n[nH]c4cc(=O)n(C5CCOC5)cc34)cc2)CC1. The van der Waals surface area contributed by atoms with E-state index in [0.717, 1.165) is 54.8 Å². The Morgan fingerprint density at radius 1 is 1.14 bits per heavy atom. The Labute approximate surface area is 163 Å². The maximum Gasteiger partial charge on any atom is 0.253 e. The summed E-state index contributed by atoms with van der Waals surface area (Å²) >= 11 is 0. The minimum atomic E-state index is -0.0105. The number of aromatic amines is 1. The Hall–Kier alpha value is -2.64. The van der Waals surface area contributed by atoms with Gasteiger partial charge in [-0.3, -0.25) is 9.89 Å². The zero-order chi connectivity index (χ0) is 19.1. The lowest BCUT2D eigenvalue weighted by atomic mass is 10.1. The largest absolute Gasteiger partial charge is 0.379 e. The second-order valence-electron chi connectivity index (χ2n) is 7.77. The first kappa shape index (κ1) is 17.5. The van der Waals surface area contributed by atoms with E-state index in [0.29, 0.717) is 13.2 Å². The van der Waals surface area contributed by atoms with Crippen LogP contribution in [0.3, 0.4) is 0 Å². The van der Waals surface area contributed by atoms with Crippen molar-refractivity contribution in [1.29, 1.82) is 0 Å². The number of aromatic nitrogens is 3. The Bertz CT molecular complexity index is 1030. The molecule has 7 nitrogen and oxygen atoms in total. The molecular weight excluding hydrogens is 354 g/mol. The second kappa shape index (κ2) is 7.07. The van der Waals surface area contributed by atoms with Crippen molar-refractivity contribution in [2.24, 2.45) is 0 Å². The van der Waals surface area contributed by atoms with E-state index in [2.05, 4.69) is 51.3 Å². The van der Waals surface area contributed by atoms with Crippen LogP contribution in [-0.4, -0.2) is 66.1 Å². The number of pyridine rings is 1. The van der Waals surface area contributed by atoms with E-state index in [4.69, 9.17) is 4.74 Å². The van der Waals surface area contributed by atoms with Crippen molar-refractivity contribution in [2.75, 3.05) is 51.3 Å². The molecular formula is C21H25N5O2. The van der Waals surface area contributed by atoms with Gasteiger partial charge in [-0.25, -0.2) is 0 Å². The first-order valence-electron chi connectivity index (χ1n) is 9.91. The van der Waals surface area contributed by atoms with Gasteiger partial charge in [0.1, 0.15) is 5.69 Å².